The van der Waals surface area contributed by atoms with Crippen molar-refractivity contribution in [1.82, 2.24) is 14.9 Å². The van der Waals surface area contributed by atoms with Gasteiger partial charge in [0, 0.05) is 61.3 Å². The molecule has 170 valence electrons. The highest BCUT2D eigenvalue weighted by molar-refractivity contribution is 5.94. The van der Waals surface area contributed by atoms with Gasteiger partial charge in [0.1, 0.15) is 11.6 Å². The fourth-order valence-electron chi connectivity index (χ4n) is 3.60. The van der Waals surface area contributed by atoms with Crippen LogP contribution in [0, 0.1) is 17.0 Å². The topological polar surface area (TPSA) is 114 Å². The third-order valence-corrected chi connectivity index (χ3v) is 5.38. The first kappa shape index (κ1) is 22.0. The number of aromatic nitrogens is 2. The number of nitrogens with zero attached hydrogens (tertiary/aromatic N) is 5. The number of nitro benzene ring substituents is 1. The summed E-state index contributed by atoms with van der Waals surface area (Å²) in [7, 11) is 1.63. The van der Waals surface area contributed by atoms with Gasteiger partial charge in [-0.3, -0.25) is 14.9 Å². The van der Waals surface area contributed by atoms with Crippen LogP contribution in [0.5, 0.6) is 5.75 Å². The molecule has 0 bridgehead atoms. The van der Waals surface area contributed by atoms with Crippen molar-refractivity contribution in [2.24, 2.45) is 0 Å². The maximum atomic E-state index is 12.8. The summed E-state index contributed by atoms with van der Waals surface area (Å²) in [4.78, 5) is 36.1. The molecule has 0 radical (unpaired) electrons. The number of benzene rings is 2. The summed E-state index contributed by atoms with van der Waals surface area (Å²) in [5.74, 6) is 1.93. The molecule has 33 heavy (non-hydrogen) atoms. The number of hydrogen-bond acceptors (Lipinski definition) is 8. The number of rotatable bonds is 6. The molecule has 2 heterocycles. The summed E-state index contributed by atoms with van der Waals surface area (Å²) >= 11 is 0. The Morgan fingerprint density at radius 2 is 1.70 bits per heavy atom. The first-order chi connectivity index (χ1) is 15.9. The van der Waals surface area contributed by atoms with Crippen molar-refractivity contribution >= 4 is 29.0 Å². The number of carbonyl (C=O) groups is 1. The molecule has 0 saturated carbocycles. The first-order valence-electron chi connectivity index (χ1n) is 10.5. The lowest BCUT2D eigenvalue weighted by Crippen LogP contribution is -2.49. The normalized spacial score (nSPS) is 13.5. The quantitative estimate of drug-likeness (QED) is 0.451. The zero-order chi connectivity index (χ0) is 23.4. The van der Waals surface area contributed by atoms with Crippen molar-refractivity contribution in [2.45, 2.75) is 6.92 Å². The summed E-state index contributed by atoms with van der Waals surface area (Å²) in [5, 5.41) is 14.1. The van der Waals surface area contributed by atoms with E-state index in [2.05, 4.69) is 15.3 Å². The number of amides is 1. The monoisotopic (exact) mass is 448 g/mol. The Hall–Kier alpha value is -4.21. The van der Waals surface area contributed by atoms with Gasteiger partial charge in [-0.2, -0.15) is 4.98 Å². The number of carbonyl (C=O) groups excluding carboxylic acids is 1. The van der Waals surface area contributed by atoms with Crippen molar-refractivity contribution in [3.63, 3.8) is 0 Å². The Labute approximate surface area is 191 Å². The number of hydrogen-bond donors (Lipinski definition) is 1. The third kappa shape index (κ3) is 5.17. The van der Waals surface area contributed by atoms with E-state index in [1.54, 1.807) is 12.0 Å². The molecule has 1 aliphatic heterocycles. The second-order valence-electron chi connectivity index (χ2n) is 7.63. The Kier molecular flexibility index (Phi) is 6.34. The van der Waals surface area contributed by atoms with Gasteiger partial charge in [0.05, 0.1) is 12.0 Å². The summed E-state index contributed by atoms with van der Waals surface area (Å²) in [6, 6.07) is 15.1. The molecule has 1 fully saturated rings. The first-order valence-corrected chi connectivity index (χ1v) is 10.5. The molecule has 0 spiro atoms. The number of aryl methyl sites for hydroxylation is 1. The second-order valence-corrected chi connectivity index (χ2v) is 7.63. The molecule has 4 rings (SSSR count). The molecule has 3 aromatic rings. The zero-order valence-electron chi connectivity index (χ0n) is 18.4. The van der Waals surface area contributed by atoms with Gasteiger partial charge < -0.3 is 19.9 Å². The molecular formula is C23H24N6O4. The minimum Gasteiger partial charge on any atom is -0.497 e. The van der Waals surface area contributed by atoms with Crippen LogP contribution in [0.1, 0.15) is 16.1 Å². The van der Waals surface area contributed by atoms with E-state index in [4.69, 9.17) is 4.74 Å². The lowest BCUT2D eigenvalue weighted by Gasteiger charge is -2.35. The summed E-state index contributed by atoms with van der Waals surface area (Å²) in [5.41, 5.74) is 2.12. The van der Waals surface area contributed by atoms with Crippen molar-refractivity contribution < 1.29 is 14.5 Å². The molecular weight excluding hydrogens is 424 g/mol. The minimum atomic E-state index is -0.480. The van der Waals surface area contributed by atoms with Crippen molar-refractivity contribution in [1.29, 1.82) is 0 Å². The average molecular weight is 448 g/mol. The van der Waals surface area contributed by atoms with Gasteiger partial charge in [-0.15, -0.1) is 0 Å². The van der Waals surface area contributed by atoms with E-state index >= 15 is 0 Å². The van der Waals surface area contributed by atoms with Crippen molar-refractivity contribution in [3.05, 3.63) is 76.0 Å². The number of nitro groups is 1. The Bertz CT molecular complexity index is 1140. The van der Waals surface area contributed by atoms with Crippen LogP contribution in [0.3, 0.4) is 0 Å². The predicted molar refractivity (Wildman–Crippen MR) is 124 cm³/mol. The lowest BCUT2D eigenvalue weighted by molar-refractivity contribution is -0.384. The maximum Gasteiger partial charge on any atom is 0.269 e. The number of non-ortho nitro benzene ring substituents is 1. The molecule has 10 nitrogen and oxygen atoms in total. The number of piperazine rings is 1. The van der Waals surface area contributed by atoms with E-state index in [9.17, 15) is 14.9 Å². The van der Waals surface area contributed by atoms with Crippen LogP contribution in [0.2, 0.25) is 0 Å². The van der Waals surface area contributed by atoms with Crippen LogP contribution in [-0.2, 0) is 0 Å². The lowest BCUT2D eigenvalue weighted by atomic mass is 10.1. The molecule has 1 N–H and O–H groups in total. The number of methoxy groups -OCH3 is 1. The van der Waals surface area contributed by atoms with E-state index in [-0.39, 0.29) is 11.6 Å². The molecule has 1 aliphatic rings. The molecule has 1 amide bonds. The Morgan fingerprint density at radius 3 is 2.30 bits per heavy atom. The van der Waals surface area contributed by atoms with Gasteiger partial charge in [-0.1, -0.05) is 0 Å². The van der Waals surface area contributed by atoms with E-state index in [0.29, 0.717) is 43.5 Å². The van der Waals surface area contributed by atoms with E-state index in [1.165, 1.54) is 24.3 Å². The summed E-state index contributed by atoms with van der Waals surface area (Å²) in [6.07, 6.45) is 0. The summed E-state index contributed by atoms with van der Waals surface area (Å²) < 4.78 is 5.19. The van der Waals surface area contributed by atoms with E-state index in [1.807, 2.05) is 42.2 Å². The molecule has 0 unspecified atom stereocenters. The van der Waals surface area contributed by atoms with Crippen LogP contribution in [0.4, 0.5) is 23.1 Å². The fraction of sp³-hybridized carbons (Fsp3) is 0.261. The van der Waals surface area contributed by atoms with Crippen LogP contribution in [0.25, 0.3) is 0 Å². The molecule has 0 aliphatic carbocycles. The molecule has 0 atom stereocenters. The van der Waals surface area contributed by atoms with Gasteiger partial charge in [0.15, 0.2) is 0 Å². The minimum absolute atomic E-state index is 0.0352. The predicted octanol–water partition coefficient (Wildman–Crippen LogP) is 3.41. The van der Waals surface area contributed by atoms with E-state index in [0.717, 1.165) is 17.1 Å². The SMILES string of the molecule is COc1ccc(Nc2cc(C)nc(N3CCN(C(=O)c4ccc([N+](=O)[O-])cc4)CC3)n2)cc1. The number of anilines is 3. The Balaban J connectivity index is 1.40. The van der Waals surface area contributed by atoms with Gasteiger partial charge in [0.25, 0.3) is 11.6 Å². The largest absolute Gasteiger partial charge is 0.497 e. The zero-order valence-corrected chi connectivity index (χ0v) is 18.4. The number of nitrogens with one attached hydrogen (secondary N) is 1. The third-order valence-electron chi connectivity index (χ3n) is 5.38. The molecule has 10 heteroatoms. The summed E-state index contributed by atoms with van der Waals surface area (Å²) in [6.45, 7) is 4.11. The van der Waals surface area contributed by atoms with Crippen LogP contribution in [0.15, 0.2) is 54.6 Å². The number of ether oxygens (including phenoxy) is 1. The van der Waals surface area contributed by atoms with Crippen molar-refractivity contribution in [2.75, 3.05) is 43.5 Å². The molecule has 1 saturated heterocycles. The van der Waals surface area contributed by atoms with Crippen LogP contribution < -0.4 is 15.0 Å². The molecule has 2 aromatic carbocycles. The fourth-order valence-corrected chi connectivity index (χ4v) is 3.60. The molecule has 1 aromatic heterocycles. The van der Waals surface area contributed by atoms with Crippen LogP contribution >= 0.6 is 0 Å². The highest BCUT2D eigenvalue weighted by Gasteiger charge is 2.24. The van der Waals surface area contributed by atoms with Gasteiger partial charge in [0.2, 0.25) is 5.95 Å². The second kappa shape index (κ2) is 9.51. The smallest absolute Gasteiger partial charge is 0.269 e. The van der Waals surface area contributed by atoms with Crippen molar-refractivity contribution in [3.8, 4) is 5.75 Å². The highest BCUT2D eigenvalue weighted by Crippen LogP contribution is 2.22. The van der Waals surface area contributed by atoms with Gasteiger partial charge in [-0.05, 0) is 43.3 Å². The maximum absolute atomic E-state index is 12.8. The Morgan fingerprint density at radius 1 is 1.03 bits per heavy atom. The highest BCUT2D eigenvalue weighted by atomic mass is 16.6. The standard InChI is InChI=1S/C23H24N6O4/c1-16-15-21(25-18-5-9-20(33-2)10-6-18)26-23(24-16)28-13-11-27(12-14-28)22(30)17-3-7-19(8-4-17)29(31)32/h3-10,15H,11-14H2,1-2H3,(H,24,25,26). The van der Waals surface area contributed by atoms with Gasteiger partial charge >= 0.3 is 0 Å². The average Bonchev–Trinajstić information content (AvgIpc) is 2.84. The van der Waals surface area contributed by atoms with Gasteiger partial charge in [-0.25, -0.2) is 4.98 Å². The van der Waals surface area contributed by atoms with Crippen LogP contribution in [-0.4, -0.2) is 59.0 Å². The van der Waals surface area contributed by atoms with E-state index < -0.39 is 4.92 Å².